The second-order valence-corrected chi connectivity index (χ2v) is 8.23. The van der Waals surface area contributed by atoms with Gasteiger partial charge in [-0.25, -0.2) is 13.4 Å². The van der Waals surface area contributed by atoms with Crippen LogP contribution in [0.25, 0.3) is 0 Å². The number of nitrogens with one attached hydrogen (secondary N) is 1. The van der Waals surface area contributed by atoms with E-state index in [1.165, 1.54) is 16.4 Å². The Balaban J connectivity index is 0.00000261. The molecule has 0 aliphatic carbocycles. The van der Waals surface area contributed by atoms with Crippen molar-refractivity contribution in [1.82, 2.24) is 19.2 Å². The topological polar surface area (TPSA) is 110 Å². The Bertz CT molecular complexity index is 936. The number of nitro benzene ring substituents is 1. The van der Waals surface area contributed by atoms with Crippen molar-refractivity contribution in [3.63, 3.8) is 0 Å². The van der Waals surface area contributed by atoms with Gasteiger partial charge in [0, 0.05) is 51.2 Å². The predicted molar refractivity (Wildman–Crippen MR) is 103 cm³/mol. The second-order valence-electron chi connectivity index (χ2n) is 6.40. The van der Waals surface area contributed by atoms with Crippen molar-refractivity contribution in [1.29, 1.82) is 0 Å². The van der Waals surface area contributed by atoms with E-state index in [2.05, 4.69) is 10.3 Å². The normalized spacial score (nSPS) is 18.1. The molecule has 1 saturated heterocycles. The molecule has 1 aromatic heterocycles. The van der Waals surface area contributed by atoms with Gasteiger partial charge in [-0.1, -0.05) is 0 Å². The molecule has 2 aromatic rings. The summed E-state index contributed by atoms with van der Waals surface area (Å²) in [5.41, 5.74) is 0.627. The Morgan fingerprint density at radius 3 is 2.44 bits per heavy atom. The first-order chi connectivity index (χ1) is 12.2. The van der Waals surface area contributed by atoms with E-state index in [9.17, 15) is 18.5 Å². The minimum atomic E-state index is -3.84. The zero-order valence-electron chi connectivity index (χ0n) is 15.2. The first-order valence-electron chi connectivity index (χ1n) is 8.19. The van der Waals surface area contributed by atoms with Crippen LogP contribution in [0.3, 0.4) is 0 Å². The van der Waals surface area contributed by atoms with Crippen molar-refractivity contribution < 1.29 is 13.3 Å². The van der Waals surface area contributed by atoms with Crippen LogP contribution in [0.4, 0.5) is 5.69 Å². The van der Waals surface area contributed by atoms with Gasteiger partial charge < -0.3 is 9.88 Å². The van der Waals surface area contributed by atoms with Gasteiger partial charge in [-0.3, -0.25) is 10.1 Å². The molecule has 148 valence electrons. The number of imidazole rings is 1. The lowest BCUT2D eigenvalue weighted by Gasteiger charge is -2.35. The van der Waals surface area contributed by atoms with Crippen molar-refractivity contribution in [2.24, 2.45) is 7.05 Å². The molecule has 0 saturated carbocycles. The molecule has 1 unspecified atom stereocenters. The molecule has 1 N–H and O–H groups in total. The van der Waals surface area contributed by atoms with Gasteiger partial charge in [-0.05, 0) is 25.0 Å². The molecule has 3 rings (SSSR count). The fourth-order valence-electron chi connectivity index (χ4n) is 3.45. The summed E-state index contributed by atoms with van der Waals surface area (Å²) in [5, 5.41) is 14.2. The summed E-state index contributed by atoms with van der Waals surface area (Å²) >= 11 is 0. The summed E-state index contributed by atoms with van der Waals surface area (Å²) in [7, 11) is -2.02. The zero-order valence-corrected chi connectivity index (χ0v) is 16.9. The van der Waals surface area contributed by atoms with Crippen LogP contribution < -0.4 is 5.32 Å². The molecular formula is C16H22ClN5O4S. The van der Waals surface area contributed by atoms with E-state index in [-0.39, 0.29) is 23.0 Å². The van der Waals surface area contributed by atoms with Gasteiger partial charge in [0.2, 0.25) is 10.0 Å². The highest BCUT2D eigenvalue weighted by Gasteiger charge is 2.38. The summed E-state index contributed by atoms with van der Waals surface area (Å²) in [6.07, 6.45) is 3.41. The lowest BCUT2D eigenvalue weighted by molar-refractivity contribution is -0.385. The Hall–Kier alpha value is -2.01. The Labute approximate surface area is 164 Å². The maximum Gasteiger partial charge on any atom is 0.270 e. The minimum Gasteiger partial charge on any atom is -0.337 e. The van der Waals surface area contributed by atoms with Crippen LogP contribution in [0.1, 0.15) is 23.0 Å². The number of hydrogen-bond acceptors (Lipinski definition) is 6. The molecule has 1 aliphatic heterocycles. The number of hydrogen-bond donors (Lipinski definition) is 1. The van der Waals surface area contributed by atoms with Crippen molar-refractivity contribution >= 4 is 28.1 Å². The summed E-state index contributed by atoms with van der Waals surface area (Å²) in [6.45, 7) is 4.46. The Morgan fingerprint density at radius 1 is 1.30 bits per heavy atom. The van der Waals surface area contributed by atoms with Crippen molar-refractivity contribution in [2.45, 2.75) is 24.8 Å². The summed E-state index contributed by atoms with van der Waals surface area (Å²) in [4.78, 5) is 15.0. The largest absolute Gasteiger partial charge is 0.337 e. The van der Waals surface area contributed by atoms with Gasteiger partial charge in [0.15, 0.2) is 0 Å². The van der Waals surface area contributed by atoms with E-state index in [0.29, 0.717) is 36.6 Å². The number of halogens is 1. The van der Waals surface area contributed by atoms with E-state index in [4.69, 9.17) is 0 Å². The van der Waals surface area contributed by atoms with Crippen LogP contribution >= 0.6 is 12.4 Å². The number of aromatic nitrogens is 2. The highest BCUT2D eigenvalue weighted by molar-refractivity contribution is 7.89. The maximum absolute atomic E-state index is 13.4. The third-order valence-electron chi connectivity index (χ3n) is 4.57. The fourth-order valence-corrected chi connectivity index (χ4v) is 5.45. The molecule has 1 fully saturated rings. The fraction of sp³-hybridized carbons (Fsp3) is 0.438. The van der Waals surface area contributed by atoms with Crippen molar-refractivity contribution in [3.8, 4) is 0 Å². The monoisotopic (exact) mass is 415 g/mol. The Morgan fingerprint density at radius 2 is 1.93 bits per heavy atom. The maximum atomic E-state index is 13.4. The van der Waals surface area contributed by atoms with Gasteiger partial charge in [-0.2, -0.15) is 4.31 Å². The number of aryl methyl sites for hydroxylation is 3. The average molecular weight is 416 g/mol. The third-order valence-corrected chi connectivity index (χ3v) is 6.79. The molecule has 11 heteroatoms. The SMILES string of the molecule is Cc1cc([N+](=O)[O-])cc(C)c1S(=O)(=O)N1CCNCC1c1nccn1C.Cl. The summed E-state index contributed by atoms with van der Waals surface area (Å²) < 4.78 is 30.1. The molecule has 1 atom stereocenters. The van der Waals surface area contributed by atoms with Crippen LogP contribution in [0, 0.1) is 24.0 Å². The number of non-ortho nitro benzene ring substituents is 1. The first-order valence-corrected chi connectivity index (χ1v) is 9.63. The van der Waals surface area contributed by atoms with E-state index in [1.54, 1.807) is 30.8 Å². The molecule has 0 radical (unpaired) electrons. The smallest absolute Gasteiger partial charge is 0.270 e. The molecule has 1 aromatic carbocycles. The highest BCUT2D eigenvalue weighted by Crippen LogP contribution is 2.33. The number of sulfonamides is 1. The van der Waals surface area contributed by atoms with E-state index in [1.807, 2.05) is 7.05 Å². The van der Waals surface area contributed by atoms with Gasteiger partial charge in [-0.15, -0.1) is 12.4 Å². The zero-order chi connectivity index (χ0) is 19.1. The van der Waals surface area contributed by atoms with Crippen LogP contribution in [0.5, 0.6) is 0 Å². The van der Waals surface area contributed by atoms with Gasteiger partial charge in [0.25, 0.3) is 5.69 Å². The minimum absolute atomic E-state index is 0. The van der Waals surface area contributed by atoms with Gasteiger partial charge >= 0.3 is 0 Å². The lowest BCUT2D eigenvalue weighted by atomic mass is 10.1. The lowest BCUT2D eigenvalue weighted by Crippen LogP contribution is -2.49. The number of nitrogens with zero attached hydrogens (tertiary/aromatic N) is 4. The third kappa shape index (κ3) is 3.84. The highest BCUT2D eigenvalue weighted by atomic mass is 35.5. The number of benzene rings is 1. The number of nitro groups is 1. The number of piperazine rings is 1. The molecule has 0 bridgehead atoms. The van der Waals surface area contributed by atoms with Crippen LogP contribution in [-0.4, -0.2) is 46.8 Å². The molecule has 2 heterocycles. The molecular weight excluding hydrogens is 394 g/mol. The first kappa shape index (κ1) is 21.3. The van der Waals surface area contributed by atoms with Crippen LogP contribution in [0.2, 0.25) is 0 Å². The van der Waals surface area contributed by atoms with E-state index in [0.717, 1.165) is 0 Å². The number of rotatable bonds is 4. The van der Waals surface area contributed by atoms with Crippen molar-refractivity contribution in [2.75, 3.05) is 19.6 Å². The Kier molecular flexibility index (Phi) is 6.25. The van der Waals surface area contributed by atoms with Gasteiger partial charge in [0.1, 0.15) is 5.82 Å². The average Bonchev–Trinajstić information content (AvgIpc) is 2.99. The predicted octanol–water partition coefficient (Wildman–Crippen LogP) is 1.70. The quantitative estimate of drug-likeness (QED) is 0.601. The van der Waals surface area contributed by atoms with Crippen molar-refractivity contribution in [3.05, 3.63) is 51.6 Å². The summed E-state index contributed by atoms with van der Waals surface area (Å²) in [6, 6.07) is 2.16. The molecule has 0 spiro atoms. The molecule has 9 nitrogen and oxygen atoms in total. The molecule has 0 amide bonds. The van der Waals surface area contributed by atoms with E-state index < -0.39 is 21.0 Å². The summed E-state index contributed by atoms with van der Waals surface area (Å²) in [5.74, 6) is 0.651. The van der Waals surface area contributed by atoms with Gasteiger partial charge in [0.05, 0.1) is 15.9 Å². The standard InChI is InChI=1S/C16H21N5O4S.ClH/c1-11-8-13(21(22)23)9-12(2)15(11)26(24,25)20-7-4-17-10-14(20)16-18-5-6-19(16)3;/h5-6,8-9,14,17H,4,7,10H2,1-3H3;1H. The molecule has 1 aliphatic rings. The second kappa shape index (κ2) is 7.93. The molecule has 27 heavy (non-hydrogen) atoms. The van der Waals surface area contributed by atoms with Crippen LogP contribution in [0.15, 0.2) is 29.4 Å². The van der Waals surface area contributed by atoms with Crippen LogP contribution in [-0.2, 0) is 17.1 Å². The van der Waals surface area contributed by atoms with E-state index >= 15 is 0 Å².